The minimum Gasteiger partial charge on any atom is -0.303 e. The van der Waals surface area contributed by atoms with Crippen LogP contribution in [0.2, 0.25) is 0 Å². The van der Waals surface area contributed by atoms with Gasteiger partial charge in [0, 0.05) is 0 Å². The molecular weight excluding hydrogens is 237 g/mol. The molecule has 0 unspecified atom stereocenters. The van der Waals surface area contributed by atoms with Gasteiger partial charge in [-0.05, 0) is 68.9 Å². The first-order chi connectivity index (χ1) is 9.29. The molecule has 2 rings (SSSR count). The zero-order chi connectivity index (χ0) is 13.5. The molecule has 0 aromatic heterocycles. The summed E-state index contributed by atoms with van der Waals surface area (Å²) in [6.45, 7) is 5.72. The topological polar surface area (TPSA) is 3.24 Å². The number of benzene rings is 1. The number of rotatable bonds is 6. The molecule has 0 bridgehead atoms. The number of piperidine rings is 1. The maximum Gasteiger partial charge on any atom is 0.126 e. The average Bonchev–Trinajstić information content (AvgIpc) is 2.43. The second kappa shape index (κ2) is 7.64. The smallest absolute Gasteiger partial charge is 0.126 e. The molecule has 2 heteroatoms. The molecule has 0 amide bonds. The van der Waals surface area contributed by atoms with Gasteiger partial charge >= 0.3 is 0 Å². The van der Waals surface area contributed by atoms with Crippen molar-refractivity contribution in [3.63, 3.8) is 0 Å². The molecule has 1 saturated heterocycles. The van der Waals surface area contributed by atoms with Crippen molar-refractivity contribution in [1.29, 1.82) is 0 Å². The standard InChI is InChI=1S/C17H26FN/c1-2-7-15-9-10-16(17(18)14-15)8-6-13-19-11-4-3-5-12-19/h9-10,14H,2-8,11-13H2,1H3. The van der Waals surface area contributed by atoms with E-state index in [4.69, 9.17) is 0 Å². The van der Waals surface area contributed by atoms with Crippen molar-refractivity contribution < 1.29 is 4.39 Å². The molecule has 1 aromatic rings. The second-order valence-electron chi connectivity index (χ2n) is 5.68. The number of aryl methyl sites for hydroxylation is 2. The number of halogens is 1. The van der Waals surface area contributed by atoms with Crippen LogP contribution in [0.1, 0.15) is 50.2 Å². The van der Waals surface area contributed by atoms with Crippen LogP contribution in [0.4, 0.5) is 4.39 Å². The Labute approximate surface area is 116 Å². The Balaban J connectivity index is 1.78. The van der Waals surface area contributed by atoms with Crippen LogP contribution in [0.3, 0.4) is 0 Å². The highest BCUT2D eigenvalue weighted by Gasteiger charge is 2.10. The minimum atomic E-state index is -0.00964. The first-order valence-corrected chi connectivity index (χ1v) is 7.79. The normalized spacial score (nSPS) is 16.7. The Bertz CT molecular complexity index is 383. The molecule has 19 heavy (non-hydrogen) atoms. The summed E-state index contributed by atoms with van der Waals surface area (Å²) >= 11 is 0. The summed E-state index contributed by atoms with van der Waals surface area (Å²) in [7, 11) is 0. The number of likely N-dealkylation sites (tertiary alicyclic amines) is 1. The quantitative estimate of drug-likeness (QED) is 0.743. The number of nitrogens with zero attached hydrogens (tertiary/aromatic N) is 1. The molecule has 0 aliphatic carbocycles. The number of hydrogen-bond donors (Lipinski definition) is 0. The predicted octanol–water partition coefficient (Wildman–Crippen LogP) is 4.20. The van der Waals surface area contributed by atoms with Gasteiger partial charge in [0.05, 0.1) is 0 Å². The van der Waals surface area contributed by atoms with Gasteiger partial charge in [0.25, 0.3) is 0 Å². The van der Waals surface area contributed by atoms with Crippen molar-refractivity contribution in [1.82, 2.24) is 4.90 Å². The minimum absolute atomic E-state index is 0.00964. The molecule has 0 saturated carbocycles. The lowest BCUT2D eigenvalue weighted by atomic mass is 10.0. The summed E-state index contributed by atoms with van der Waals surface area (Å²) < 4.78 is 13.9. The largest absolute Gasteiger partial charge is 0.303 e. The summed E-state index contributed by atoms with van der Waals surface area (Å²) in [4.78, 5) is 2.52. The Kier molecular flexibility index (Phi) is 5.84. The van der Waals surface area contributed by atoms with E-state index in [-0.39, 0.29) is 5.82 Å². The maximum atomic E-state index is 13.9. The fraction of sp³-hybridized carbons (Fsp3) is 0.647. The zero-order valence-corrected chi connectivity index (χ0v) is 12.1. The van der Waals surface area contributed by atoms with E-state index >= 15 is 0 Å². The molecule has 0 spiro atoms. The monoisotopic (exact) mass is 263 g/mol. The molecule has 106 valence electrons. The van der Waals surface area contributed by atoms with E-state index < -0.39 is 0 Å². The Morgan fingerprint density at radius 2 is 1.89 bits per heavy atom. The van der Waals surface area contributed by atoms with Gasteiger partial charge in [-0.3, -0.25) is 0 Å². The lowest BCUT2D eigenvalue weighted by Crippen LogP contribution is -2.30. The van der Waals surface area contributed by atoms with E-state index in [0.29, 0.717) is 0 Å². The summed E-state index contributed by atoms with van der Waals surface area (Å²) in [5.74, 6) is -0.00964. The molecule has 1 aliphatic heterocycles. The fourth-order valence-corrected chi connectivity index (χ4v) is 2.91. The van der Waals surface area contributed by atoms with Crippen molar-refractivity contribution in [3.8, 4) is 0 Å². The molecule has 0 N–H and O–H groups in total. The SMILES string of the molecule is CCCc1ccc(CCCN2CCCCC2)c(F)c1. The van der Waals surface area contributed by atoms with Crippen LogP contribution >= 0.6 is 0 Å². The van der Waals surface area contributed by atoms with E-state index in [0.717, 1.165) is 43.4 Å². The van der Waals surface area contributed by atoms with Crippen LogP contribution in [0.25, 0.3) is 0 Å². The van der Waals surface area contributed by atoms with E-state index in [2.05, 4.69) is 17.9 Å². The van der Waals surface area contributed by atoms with E-state index in [9.17, 15) is 4.39 Å². The third-order valence-electron chi connectivity index (χ3n) is 4.03. The maximum absolute atomic E-state index is 13.9. The van der Waals surface area contributed by atoms with Crippen LogP contribution in [0.5, 0.6) is 0 Å². The van der Waals surface area contributed by atoms with Crippen LogP contribution in [0, 0.1) is 5.82 Å². The second-order valence-corrected chi connectivity index (χ2v) is 5.68. The molecule has 1 fully saturated rings. The van der Waals surface area contributed by atoms with Gasteiger partial charge in [0.15, 0.2) is 0 Å². The highest BCUT2D eigenvalue weighted by Crippen LogP contribution is 2.15. The molecule has 1 aliphatic rings. The van der Waals surface area contributed by atoms with Crippen molar-refractivity contribution in [2.45, 2.75) is 51.9 Å². The fourth-order valence-electron chi connectivity index (χ4n) is 2.91. The van der Waals surface area contributed by atoms with Gasteiger partial charge in [0.1, 0.15) is 5.82 Å². The van der Waals surface area contributed by atoms with E-state index in [1.807, 2.05) is 6.07 Å². The third kappa shape index (κ3) is 4.61. The first-order valence-electron chi connectivity index (χ1n) is 7.79. The highest BCUT2D eigenvalue weighted by atomic mass is 19.1. The first kappa shape index (κ1) is 14.5. The van der Waals surface area contributed by atoms with Crippen LogP contribution in [-0.4, -0.2) is 24.5 Å². The Morgan fingerprint density at radius 3 is 2.58 bits per heavy atom. The average molecular weight is 263 g/mol. The van der Waals surface area contributed by atoms with Gasteiger partial charge in [-0.25, -0.2) is 4.39 Å². The predicted molar refractivity (Wildman–Crippen MR) is 79.0 cm³/mol. The summed E-state index contributed by atoms with van der Waals surface area (Å²) in [5.41, 5.74) is 2.01. The Morgan fingerprint density at radius 1 is 1.11 bits per heavy atom. The molecule has 1 nitrogen and oxygen atoms in total. The zero-order valence-electron chi connectivity index (χ0n) is 12.1. The van der Waals surface area contributed by atoms with Crippen LogP contribution in [0.15, 0.2) is 18.2 Å². The molecule has 1 heterocycles. The van der Waals surface area contributed by atoms with Crippen LogP contribution < -0.4 is 0 Å². The van der Waals surface area contributed by atoms with Crippen molar-refractivity contribution in [2.75, 3.05) is 19.6 Å². The number of hydrogen-bond acceptors (Lipinski definition) is 1. The van der Waals surface area contributed by atoms with Crippen LogP contribution in [-0.2, 0) is 12.8 Å². The van der Waals surface area contributed by atoms with Crippen molar-refractivity contribution in [3.05, 3.63) is 35.1 Å². The summed E-state index contributed by atoms with van der Waals surface area (Å²) in [6, 6.07) is 5.79. The molecular formula is C17H26FN. The van der Waals surface area contributed by atoms with E-state index in [1.54, 1.807) is 6.07 Å². The lowest BCUT2D eigenvalue weighted by molar-refractivity contribution is 0.226. The molecule has 1 aromatic carbocycles. The molecule has 0 radical (unpaired) electrons. The van der Waals surface area contributed by atoms with Gasteiger partial charge in [-0.15, -0.1) is 0 Å². The lowest BCUT2D eigenvalue weighted by Gasteiger charge is -2.26. The van der Waals surface area contributed by atoms with Gasteiger partial charge in [-0.1, -0.05) is 31.9 Å². The van der Waals surface area contributed by atoms with Crippen molar-refractivity contribution >= 4 is 0 Å². The molecule has 0 atom stereocenters. The summed E-state index contributed by atoms with van der Waals surface area (Å²) in [6.07, 6.45) is 8.04. The summed E-state index contributed by atoms with van der Waals surface area (Å²) in [5, 5.41) is 0. The van der Waals surface area contributed by atoms with Gasteiger partial charge < -0.3 is 4.90 Å². The highest BCUT2D eigenvalue weighted by molar-refractivity contribution is 5.24. The van der Waals surface area contributed by atoms with Gasteiger partial charge in [0.2, 0.25) is 0 Å². The van der Waals surface area contributed by atoms with Crippen molar-refractivity contribution in [2.24, 2.45) is 0 Å². The Hall–Kier alpha value is -0.890. The van der Waals surface area contributed by atoms with E-state index in [1.165, 1.54) is 32.4 Å². The third-order valence-corrected chi connectivity index (χ3v) is 4.03. The van der Waals surface area contributed by atoms with Gasteiger partial charge in [-0.2, -0.15) is 0 Å².